The largest absolute Gasteiger partial charge is 0.372 e. The van der Waals surface area contributed by atoms with Gasteiger partial charge in [-0.3, -0.25) is 9.78 Å². The van der Waals surface area contributed by atoms with Crippen LogP contribution >= 0.6 is 11.3 Å². The van der Waals surface area contributed by atoms with Crippen molar-refractivity contribution in [3.05, 3.63) is 59.9 Å². The monoisotopic (exact) mass is 378 g/mol. The van der Waals surface area contributed by atoms with Gasteiger partial charge in [0, 0.05) is 54.2 Å². The topological polar surface area (TPSA) is 58.1 Å². The minimum atomic E-state index is 0.0161. The number of hydrogen-bond acceptors (Lipinski definition) is 5. The van der Waals surface area contributed by atoms with Crippen molar-refractivity contribution in [3.63, 3.8) is 0 Å². The standard InChI is InChI=1S/C21H22N4OS/c26-20(23-17-3-6-19(7-4-17)25-13-1-2-14-25)8-5-18-15-27-21(24-18)16-9-11-22-12-10-16/h3-4,6-7,9-12,15H,1-2,5,8,13-14H2,(H,23,26). The second-order valence-electron chi connectivity index (χ2n) is 6.67. The van der Waals surface area contributed by atoms with Crippen LogP contribution in [0, 0.1) is 0 Å². The summed E-state index contributed by atoms with van der Waals surface area (Å²) in [6.45, 7) is 2.25. The predicted octanol–water partition coefficient (Wildman–Crippen LogP) is 4.38. The first-order valence-electron chi connectivity index (χ1n) is 9.27. The molecule has 27 heavy (non-hydrogen) atoms. The van der Waals surface area contributed by atoms with Gasteiger partial charge in [-0.25, -0.2) is 4.98 Å². The maximum atomic E-state index is 12.2. The van der Waals surface area contributed by atoms with Crippen molar-refractivity contribution in [1.82, 2.24) is 9.97 Å². The Labute approximate surface area is 163 Å². The molecule has 3 heterocycles. The van der Waals surface area contributed by atoms with Crippen molar-refractivity contribution >= 4 is 28.6 Å². The van der Waals surface area contributed by atoms with Gasteiger partial charge in [0.05, 0.1) is 5.69 Å². The number of anilines is 2. The number of amides is 1. The smallest absolute Gasteiger partial charge is 0.224 e. The molecule has 4 rings (SSSR count). The number of aromatic nitrogens is 2. The third-order valence-electron chi connectivity index (χ3n) is 4.71. The zero-order valence-corrected chi connectivity index (χ0v) is 15.9. The number of thiazole rings is 1. The summed E-state index contributed by atoms with van der Waals surface area (Å²) in [6, 6.07) is 12.0. The molecule has 1 aliphatic heterocycles. The molecule has 2 aromatic heterocycles. The molecule has 0 atom stereocenters. The summed E-state index contributed by atoms with van der Waals surface area (Å²) in [5.74, 6) is 0.0161. The van der Waals surface area contributed by atoms with E-state index in [0.717, 1.165) is 35.0 Å². The van der Waals surface area contributed by atoms with E-state index in [-0.39, 0.29) is 5.91 Å². The molecule has 3 aromatic rings. The number of rotatable bonds is 6. The zero-order chi connectivity index (χ0) is 18.5. The van der Waals surface area contributed by atoms with E-state index in [9.17, 15) is 4.79 Å². The molecule has 5 nitrogen and oxygen atoms in total. The molecule has 0 unspecified atom stereocenters. The normalized spacial score (nSPS) is 13.7. The number of benzene rings is 1. The Morgan fingerprint density at radius 1 is 1.07 bits per heavy atom. The summed E-state index contributed by atoms with van der Waals surface area (Å²) in [5.41, 5.74) is 4.09. The summed E-state index contributed by atoms with van der Waals surface area (Å²) >= 11 is 1.60. The van der Waals surface area contributed by atoms with Crippen LogP contribution in [0.3, 0.4) is 0 Å². The van der Waals surface area contributed by atoms with Crippen molar-refractivity contribution in [2.24, 2.45) is 0 Å². The summed E-state index contributed by atoms with van der Waals surface area (Å²) in [6.07, 6.45) is 7.11. The van der Waals surface area contributed by atoms with Crippen molar-refractivity contribution in [3.8, 4) is 10.6 Å². The zero-order valence-electron chi connectivity index (χ0n) is 15.1. The molecule has 0 spiro atoms. The van der Waals surface area contributed by atoms with Crippen LogP contribution in [0.5, 0.6) is 0 Å². The maximum Gasteiger partial charge on any atom is 0.224 e. The first-order valence-corrected chi connectivity index (χ1v) is 10.2. The van der Waals surface area contributed by atoms with Crippen molar-refractivity contribution in [1.29, 1.82) is 0 Å². The highest BCUT2D eigenvalue weighted by Gasteiger charge is 2.12. The summed E-state index contributed by atoms with van der Waals surface area (Å²) < 4.78 is 0. The molecule has 1 aliphatic rings. The van der Waals surface area contributed by atoms with E-state index in [1.54, 1.807) is 23.7 Å². The summed E-state index contributed by atoms with van der Waals surface area (Å²) in [4.78, 5) is 23.3. The van der Waals surface area contributed by atoms with E-state index in [1.165, 1.54) is 18.5 Å². The molecule has 0 radical (unpaired) electrons. The van der Waals surface area contributed by atoms with Crippen LogP contribution in [0.25, 0.3) is 10.6 Å². The molecule has 0 bridgehead atoms. The van der Waals surface area contributed by atoms with Crippen LogP contribution in [0.15, 0.2) is 54.2 Å². The molecular formula is C21H22N4OS. The van der Waals surface area contributed by atoms with E-state index >= 15 is 0 Å². The minimum Gasteiger partial charge on any atom is -0.372 e. The van der Waals surface area contributed by atoms with Crippen LogP contribution < -0.4 is 10.2 Å². The van der Waals surface area contributed by atoms with Gasteiger partial charge in [0.2, 0.25) is 5.91 Å². The quantitative estimate of drug-likeness (QED) is 0.692. The van der Waals surface area contributed by atoms with Crippen molar-refractivity contribution < 1.29 is 4.79 Å². The van der Waals surface area contributed by atoms with E-state index in [1.807, 2.05) is 29.6 Å². The predicted molar refractivity (Wildman–Crippen MR) is 110 cm³/mol. The average Bonchev–Trinajstić information content (AvgIpc) is 3.40. The van der Waals surface area contributed by atoms with Gasteiger partial charge >= 0.3 is 0 Å². The van der Waals surface area contributed by atoms with Gasteiger partial charge in [-0.2, -0.15) is 0 Å². The Bertz CT molecular complexity index is 886. The lowest BCUT2D eigenvalue weighted by Gasteiger charge is -2.17. The van der Waals surface area contributed by atoms with E-state index in [2.05, 4.69) is 32.3 Å². The average molecular weight is 379 g/mol. The molecule has 0 saturated carbocycles. The van der Waals surface area contributed by atoms with E-state index in [0.29, 0.717) is 12.8 Å². The number of pyridine rings is 1. The number of nitrogens with one attached hydrogen (secondary N) is 1. The number of aryl methyl sites for hydroxylation is 1. The molecule has 1 aromatic carbocycles. The lowest BCUT2D eigenvalue weighted by Crippen LogP contribution is -2.17. The van der Waals surface area contributed by atoms with Crippen LogP contribution in [0.4, 0.5) is 11.4 Å². The lowest BCUT2D eigenvalue weighted by molar-refractivity contribution is -0.116. The fraction of sp³-hybridized carbons (Fsp3) is 0.286. The van der Waals surface area contributed by atoms with Gasteiger partial charge in [-0.1, -0.05) is 0 Å². The van der Waals surface area contributed by atoms with Gasteiger partial charge < -0.3 is 10.2 Å². The second kappa shape index (κ2) is 8.31. The maximum absolute atomic E-state index is 12.2. The molecule has 138 valence electrons. The Balaban J connectivity index is 1.29. The summed E-state index contributed by atoms with van der Waals surface area (Å²) in [5, 5.41) is 5.96. The van der Waals surface area contributed by atoms with Crippen LogP contribution in [0.1, 0.15) is 25.0 Å². The fourth-order valence-electron chi connectivity index (χ4n) is 3.24. The number of hydrogen-bond donors (Lipinski definition) is 1. The Kier molecular flexibility index (Phi) is 5.44. The number of carbonyl (C=O) groups is 1. The third-order valence-corrected chi connectivity index (χ3v) is 5.65. The van der Waals surface area contributed by atoms with E-state index < -0.39 is 0 Å². The highest BCUT2D eigenvalue weighted by atomic mass is 32.1. The van der Waals surface area contributed by atoms with Gasteiger partial charge in [0.15, 0.2) is 0 Å². The fourth-order valence-corrected chi connectivity index (χ4v) is 4.11. The Morgan fingerprint density at radius 3 is 2.56 bits per heavy atom. The minimum absolute atomic E-state index is 0.0161. The van der Waals surface area contributed by atoms with E-state index in [4.69, 9.17) is 0 Å². The van der Waals surface area contributed by atoms with Crippen LogP contribution in [0.2, 0.25) is 0 Å². The van der Waals surface area contributed by atoms with Crippen molar-refractivity contribution in [2.45, 2.75) is 25.7 Å². The van der Waals surface area contributed by atoms with Crippen LogP contribution in [-0.2, 0) is 11.2 Å². The molecule has 1 fully saturated rings. The Morgan fingerprint density at radius 2 is 1.81 bits per heavy atom. The highest BCUT2D eigenvalue weighted by Crippen LogP contribution is 2.24. The first kappa shape index (κ1) is 17.7. The van der Waals surface area contributed by atoms with Crippen LogP contribution in [-0.4, -0.2) is 29.0 Å². The van der Waals surface area contributed by atoms with Gasteiger partial charge in [0.1, 0.15) is 5.01 Å². The molecule has 0 aliphatic carbocycles. The highest BCUT2D eigenvalue weighted by molar-refractivity contribution is 7.13. The molecule has 1 saturated heterocycles. The Hall–Kier alpha value is -2.73. The molecular weight excluding hydrogens is 356 g/mol. The third kappa shape index (κ3) is 4.52. The SMILES string of the molecule is O=C(CCc1csc(-c2ccncc2)n1)Nc1ccc(N2CCCC2)cc1. The molecule has 1 N–H and O–H groups in total. The molecule has 1 amide bonds. The second-order valence-corrected chi connectivity index (χ2v) is 7.53. The van der Waals surface area contributed by atoms with Gasteiger partial charge in [-0.15, -0.1) is 11.3 Å². The van der Waals surface area contributed by atoms with Gasteiger partial charge in [-0.05, 0) is 55.7 Å². The van der Waals surface area contributed by atoms with Crippen molar-refractivity contribution in [2.75, 3.05) is 23.3 Å². The number of nitrogens with zero attached hydrogens (tertiary/aromatic N) is 3. The van der Waals surface area contributed by atoms with Gasteiger partial charge in [0.25, 0.3) is 0 Å². The number of carbonyl (C=O) groups excluding carboxylic acids is 1. The molecule has 6 heteroatoms. The first-order chi connectivity index (χ1) is 13.3. The summed E-state index contributed by atoms with van der Waals surface area (Å²) in [7, 11) is 0. The lowest BCUT2D eigenvalue weighted by atomic mass is 10.2.